The minimum absolute atomic E-state index is 0.301. The monoisotopic (exact) mass is 243 g/mol. The van der Waals surface area contributed by atoms with Gasteiger partial charge in [0.25, 0.3) is 0 Å². The molecule has 0 aromatic heterocycles. The molecule has 1 fully saturated rings. The number of halogens is 2. The summed E-state index contributed by atoms with van der Waals surface area (Å²) in [4.78, 5) is 0. The second kappa shape index (κ2) is 4.73. The minimum Gasteiger partial charge on any atom is -0.310 e. The average molecular weight is 244 g/mol. The van der Waals surface area contributed by atoms with Gasteiger partial charge in [-0.3, -0.25) is 0 Å². The van der Waals surface area contributed by atoms with Crippen molar-refractivity contribution in [1.82, 2.24) is 5.32 Å². The fourth-order valence-corrected chi connectivity index (χ4v) is 2.20. The molecular formula is C12H15Cl2N. The highest BCUT2D eigenvalue weighted by molar-refractivity contribution is 6.35. The molecule has 0 bridgehead atoms. The van der Waals surface area contributed by atoms with Crippen molar-refractivity contribution in [3.63, 3.8) is 0 Å². The Bertz CT molecular complexity index is 347. The van der Waals surface area contributed by atoms with Gasteiger partial charge in [-0.2, -0.15) is 0 Å². The van der Waals surface area contributed by atoms with Gasteiger partial charge in [0, 0.05) is 16.1 Å². The van der Waals surface area contributed by atoms with Gasteiger partial charge < -0.3 is 5.32 Å². The van der Waals surface area contributed by atoms with E-state index in [1.54, 1.807) is 6.07 Å². The molecule has 0 saturated heterocycles. The molecule has 0 heterocycles. The summed E-state index contributed by atoms with van der Waals surface area (Å²) in [6, 6.07) is 5.98. The first kappa shape index (κ1) is 11.3. The number of nitrogens with one attached hydrogen (secondary N) is 1. The molecule has 1 aromatic carbocycles. The van der Waals surface area contributed by atoms with E-state index in [0.717, 1.165) is 23.0 Å². The molecule has 1 saturated carbocycles. The van der Waals surface area contributed by atoms with Crippen LogP contribution in [-0.4, -0.2) is 6.54 Å². The third kappa shape index (κ3) is 3.10. The van der Waals surface area contributed by atoms with E-state index in [-0.39, 0.29) is 0 Å². The van der Waals surface area contributed by atoms with Crippen LogP contribution in [0.2, 0.25) is 10.0 Å². The molecule has 1 N–H and O–H groups in total. The van der Waals surface area contributed by atoms with Crippen molar-refractivity contribution in [2.75, 3.05) is 6.54 Å². The van der Waals surface area contributed by atoms with Crippen LogP contribution in [0, 0.1) is 5.92 Å². The molecule has 2 rings (SSSR count). The van der Waals surface area contributed by atoms with Crippen LogP contribution in [0.4, 0.5) is 0 Å². The maximum atomic E-state index is 6.13. The highest BCUT2D eigenvalue weighted by Gasteiger charge is 2.21. The molecular weight excluding hydrogens is 229 g/mol. The maximum Gasteiger partial charge on any atom is 0.0468 e. The second-order valence-electron chi connectivity index (χ2n) is 4.24. The van der Waals surface area contributed by atoms with Crippen molar-refractivity contribution in [3.05, 3.63) is 33.8 Å². The topological polar surface area (TPSA) is 12.0 Å². The fourth-order valence-electron chi connectivity index (χ4n) is 1.63. The van der Waals surface area contributed by atoms with Crippen molar-refractivity contribution in [3.8, 4) is 0 Å². The number of benzene rings is 1. The summed E-state index contributed by atoms with van der Waals surface area (Å²) in [7, 11) is 0. The van der Waals surface area contributed by atoms with E-state index in [1.807, 2.05) is 12.1 Å². The van der Waals surface area contributed by atoms with Crippen LogP contribution in [0.1, 0.15) is 31.4 Å². The zero-order chi connectivity index (χ0) is 10.8. The SMILES string of the molecule is C[C@@H](NCC1CC1)c1ccc(Cl)cc1Cl. The van der Waals surface area contributed by atoms with Crippen LogP contribution in [0.25, 0.3) is 0 Å². The number of hydrogen-bond acceptors (Lipinski definition) is 1. The minimum atomic E-state index is 0.301. The summed E-state index contributed by atoms with van der Waals surface area (Å²) in [6.45, 7) is 3.23. The molecule has 0 aliphatic heterocycles. The molecule has 1 nitrogen and oxygen atoms in total. The van der Waals surface area contributed by atoms with Gasteiger partial charge in [0.15, 0.2) is 0 Å². The lowest BCUT2D eigenvalue weighted by Crippen LogP contribution is -2.21. The van der Waals surface area contributed by atoms with Gasteiger partial charge in [-0.25, -0.2) is 0 Å². The van der Waals surface area contributed by atoms with E-state index in [2.05, 4.69) is 12.2 Å². The molecule has 1 aliphatic rings. The molecule has 82 valence electrons. The lowest BCUT2D eigenvalue weighted by Gasteiger charge is -2.15. The molecule has 0 amide bonds. The van der Waals surface area contributed by atoms with Gasteiger partial charge >= 0.3 is 0 Å². The first-order valence-corrected chi connectivity index (χ1v) is 6.10. The van der Waals surface area contributed by atoms with Gasteiger partial charge in [-0.05, 0) is 49.9 Å². The Kier molecular flexibility index (Phi) is 3.55. The van der Waals surface area contributed by atoms with Gasteiger partial charge in [0.05, 0.1) is 0 Å². The van der Waals surface area contributed by atoms with Crippen LogP contribution >= 0.6 is 23.2 Å². The van der Waals surface area contributed by atoms with Crippen molar-refractivity contribution in [2.45, 2.75) is 25.8 Å². The predicted octanol–water partition coefficient (Wildman–Crippen LogP) is 4.05. The van der Waals surface area contributed by atoms with Crippen molar-refractivity contribution < 1.29 is 0 Å². The molecule has 0 spiro atoms. The van der Waals surface area contributed by atoms with Crippen molar-refractivity contribution in [1.29, 1.82) is 0 Å². The Morgan fingerprint density at radius 3 is 2.73 bits per heavy atom. The lowest BCUT2D eigenvalue weighted by atomic mass is 10.1. The zero-order valence-corrected chi connectivity index (χ0v) is 10.3. The normalized spacial score (nSPS) is 17.8. The summed E-state index contributed by atoms with van der Waals surface area (Å²) >= 11 is 12.0. The van der Waals surface area contributed by atoms with E-state index in [4.69, 9.17) is 23.2 Å². The van der Waals surface area contributed by atoms with Gasteiger partial charge in [-0.15, -0.1) is 0 Å². The van der Waals surface area contributed by atoms with E-state index < -0.39 is 0 Å². The second-order valence-corrected chi connectivity index (χ2v) is 5.08. The summed E-state index contributed by atoms with van der Waals surface area (Å²) in [5.74, 6) is 0.888. The summed E-state index contributed by atoms with van der Waals surface area (Å²) in [5.41, 5.74) is 1.13. The Balaban J connectivity index is 1.99. The zero-order valence-electron chi connectivity index (χ0n) is 8.76. The van der Waals surface area contributed by atoms with Crippen LogP contribution in [0.15, 0.2) is 18.2 Å². The highest BCUT2D eigenvalue weighted by Crippen LogP contribution is 2.30. The average Bonchev–Trinajstić information content (AvgIpc) is 2.97. The highest BCUT2D eigenvalue weighted by atomic mass is 35.5. The number of hydrogen-bond donors (Lipinski definition) is 1. The molecule has 1 aromatic rings. The van der Waals surface area contributed by atoms with Gasteiger partial charge in [0.1, 0.15) is 0 Å². The quantitative estimate of drug-likeness (QED) is 0.842. The van der Waals surface area contributed by atoms with E-state index in [9.17, 15) is 0 Å². The predicted molar refractivity (Wildman–Crippen MR) is 65.6 cm³/mol. The van der Waals surface area contributed by atoms with Gasteiger partial charge in [-0.1, -0.05) is 29.3 Å². The van der Waals surface area contributed by atoms with Crippen LogP contribution in [0.3, 0.4) is 0 Å². The van der Waals surface area contributed by atoms with Crippen molar-refractivity contribution in [2.24, 2.45) is 5.92 Å². The molecule has 0 radical (unpaired) electrons. The van der Waals surface area contributed by atoms with Gasteiger partial charge in [0.2, 0.25) is 0 Å². The molecule has 1 aliphatic carbocycles. The Labute approximate surface area is 101 Å². The van der Waals surface area contributed by atoms with Crippen molar-refractivity contribution >= 4 is 23.2 Å². The number of rotatable bonds is 4. The smallest absolute Gasteiger partial charge is 0.0468 e. The summed E-state index contributed by atoms with van der Waals surface area (Å²) < 4.78 is 0. The maximum absolute atomic E-state index is 6.13. The molecule has 0 unspecified atom stereocenters. The lowest BCUT2D eigenvalue weighted by molar-refractivity contribution is 0.549. The first-order chi connectivity index (χ1) is 7.16. The Hall–Kier alpha value is -0.240. The van der Waals surface area contributed by atoms with Crippen LogP contribution in [0.5, 0.6) is 0 Å². The summed E-state index contributed by atoms with van der Waals surface area (Å²) in [5, 5.41) is 4.93. The Morgan fingerprint density at radius 1 is 1.40 bits per heavy atom. The van der Waals surface area contributed by atoms with Crippen LogP contribution in [-0.2, 0) is 0 Å². The fraction of sp³-hybridized carbons (Fsp3) is 0.500. The molecule has 15 heavy (non-hydrogen) atoms. The third-order valence-electron chi connectivity index (χ3n) is 2.84. The largest absolute Gasteiger partial charge is 0.310 e. The van der Waals surface area contributed by atoms with E-state index >= 15 is 0 Å². The first-order valence-electron chi connectivity index (χ1n) is 5.35. The third-order valence-corrected chi connectivity index (χ3v) is 3.40. The standard InChI is InChI=1S/C12H15Cl2N/c1-8(15-7-9-2-3-9)11-5-4-10(13)6-12(11)14/h4-6,8-9,15H,2-3,7H2,1H3/t8-/m1/s1. The van der Waals surface area contributed by atoms with Crippen LogP contribution < -0.4 is 5.32 Å². The molecule has 3 heteroatoms. The summed E-state index contributed by atoms with van der Waals surface area (Å²) in [6.07, 6.45) is 2.74. The Morgan fingerprint density at radius 2 is 2.13 bits per heavy atom. The molecule has 1 atom stereocenters. The van der Waals surface area contributed by atoms with E-state index in [0.29, 0.717) is 11.1 Å². The van der Waals surface area contributed by atoms with E-state index in [1.165, 1.54) is 12.8 Å².